The number of aryl methyl sites for hydroxylation is 4. The van der Waals surface area contributed by atoms with Crippen molar-refractivity contribution in [2.24, 2.45) is 0 Å². The van der Waals surface area contributed by atoms with E-state index in [4.69, 9.17) is 0 Å². The predicted molar refractivity (Wildman–Crippen MR) is 83.1 cm³/mol. The van der Waals surface area contributed by atoms with Crippen molar-refractivity contribution < 1.29 is 4.79 Å². The van der Waals surface area contributed by atoms with Gasteiger partial charge in [-0.05, 0) is 45.4 Å². The molecule has 0 spiro atoms. The van der Waals surface area contributed by atoms with E-state index >= 15 is 0 Å². The molecule has 1 amide bonds. The van der Waals surface area contributed by atoms with Gasteiger partial charge < -0.3 is 5.32 Å². The van der Waals surface area contributed by atoms with E-state index in [9.17, 15) is 4.79 Å². The Morgan fingerprint density at radius 1 is 1.10 bits per heavy atom. The Balaban J connectivity index is 2.31. The number of amides is 1. The van der Waals surface area contributed by atoms with Gasteiger partial charge in [0.15, 0.2) is 0 Å². The molecule has 0 atom stereocenters. The number of nitrogens with one attached hydrogen (secondary N) is 1. The third-order valence-corrected chi connectivity index (χ3v) is 3.89. The monoisotopic (exact) mass is 333 g/mol. The van der Waals surface area contributed by atoms with E-state index in [0.29, 0.717) is 22.8 Å². The SMILES string of the molecule is Cc1nc(C)c(C(=O)Nc2ccc(C)c(Br)c2)c(C)n1. The topological polar surface area (TPSA) is 54.9 Å². The first-order chi connectivity index (χ1) is 9.38. The molecule has 5 heteroatoms. The largest absolute Gasteiger partial charge is 0.322 e. The van der Waals surface area contributed by atoms with Crippen LogP contribution in [0.15, 0.2) is 22.7 Å². The average Bonchev–Trinajstić information content (AvgIpc) is 2.32. The minimum absolute atomic E-state index is 0.184. The Kier molecular flexibility index (Phi) is 4.18. The molecule has 0 aliphatic carbocycles. The summed E-state index contributed by atoms with van der Waals surface area (Å²) in [6.45, 7) is 7.46. The molecule has 4 nitrogen and oxygen atoms in total. The Hall–Kier alpha value is -1.75. The molecule has 0 saturated carbocycles. The van der Waals surface area contributed by atoms with E-state index in [0.717, 1.165) is 15.7 Å². The van der Waals surface area contributed by atoms with Gasteiger partial charge in [0.05, 0.1) is 17.0 Å². The number of benzene rings is 1. The Morgan fingerprint density at radius 3 is 2.25 bits per heavy atom. The van der Waals surface area contributed by atoms with Crippen LogP contribution >= 0.6 is 15.9 Å². The van der Waals surface area contributed by atoms with Crippen molar-refractivity contribution in [3.05, 3.63) is 51.0 Å². The smallest absolute Gasteiger partial charge is 0.259 e. The van der Waals surface area contributed by atoms with Crippen LogP contribution in [-0.4, -0.2) is 15.9 Å². The van der Waals surface area contributed by atoms with E-state index < -0.39 is 0 Å². The maximum absolute atomic E-state index is 12.4. The van der Waals surface area contributed by atoms with E-state index in [-0.39, 0.29) is 5.91 Å². The number of halogens is 1. The highest BCUT2D eigenvalue weighted by molar-refractivity contribution is 9.10. The maximum Gasteiger partial charge on any atom is 0.259 e. The highest BCUT2D eigenvalue weighted by Crippen LogP contribution is 2.21. The average molecular weight is 334 g/mol. The predicted octanol–water partition coefficient (Wildman–Crippen LogP) is 3.73. The number of carbonyl (C=O) groups excluding carboxylic acids is 1. The number of hydrogen-bond donors (Lipinski definition) is 1. The maximum atomic E-state index is 12.4. The second-order valence-electron chi connectivity index (χ2n) is 4.73. The van der Waals surface area contributed by atoms with Crippen LogP contribution < -0.4 is 5.32 Å². The summed E-state index contributed by atoms with van der Waals surface area (Å²) in [5.41, 5.74) is 3.78. The Morgan fingerprint density at radius 2 is 1.70 bits per heavy atom. The summed E-state index contributed by atoms with van der Waals surface area (Å²) in [4.78, 5) is 20.9. The van der Waals surface area contributed by atoms with Crippen molar-refractivity contribution in [2.75, 3.05) is 5.32 Å². The molecular formula is C15H16BrN3O. The van der Waals surface area contributed by atoms with Gasteiger partial charge >= 0.3 is 0 Å². The first kappa shape index (κ1) is 14.7. The summed E-state index contributed by atoms with van der Waals surface area (Å²) in [6.07, 6.45) is 0. The third-order valence-electron chi connectivity index (χ3n) is 3.04. The molecule has 0 radical (unpaired) electrons. The van der Waals surface area contributed by atoms with Crippen LogP contribution in [-0.2, 0) is 0 Å². The van der Waals surface area contributed by atoms with Gasteiger partial charge in [0.2, 0.25) is 0 Å². The summed E-state index contributed by atoms with van der Waals surface area (Å²) in [6, 6.07) is 5.70. The molecule has 0 unspecified atom stereocenters. The summed E-state index contributed by atoms with van der Waals surface area (Å²) in [5.74, 6) is 0.491. The van der Waals surface area contributed by atoms with Gasteiger partial charge in [-0.3, -0.25) is 4.79 Å². The second-order valence-corrected chi connectivity index (χ2v) is 5.59. The lowest BCUT2D eigenvalue weighted by Crippen LogP contribution is -2.17. The van der Waals surface area contributed by atoms with E-state index in [1.54, 1.807) is 0 Å². The van der Waals surface area contributed by atoms with Crippen molar-refractivity contribution in [3.63, 3.8) is 0 Å². The molecule has 1 aromatic heterocycles. The lowest BCUT2D eigenvalue weighted by Gasteiger charge is -2.11. The Bertz CT molecular complexity index is 660. The van der Waals surface area contributed by atoms with Crippen molar-refractivity contribution in [3.8, 4) is 0 Å². The third kappa shape index (κ3) is 3.04. The molecule has 0 aliphatic heterocycles. The van der Waals surface area contributed by atoms with Gasteiger partial charge in [-0.25, -0.2) is 9.97 Å². The normalized spacial score (nSPS) is 10.4. The standard InChI is InChI=1S/C15H16BrN3O/c1-8-5-6-12(7-13(8)16)19-15(20)14-9(2)17-11(4)18-10(14)3/h5-7H,1-4H3,(H,19,20). The highest BCUT2D eigenvalue weighted by Gasteiger charge is 2.15. The summed E-state index contributed by atoms with van der Waals surface area (Å²) < 4.78 is 0.962. The molecule has 20 heavy (non-hydrogen) atoms. The number of hydrogen-bond acceptors (Lipinski definition) is 3. The number of rotatable bonds is 2. The molecule has 1 N–H and O–H groups in total. The summed E-state index contributed by atoms with van der Waals surface area (Å²) >= 11 is 3.45. The highest BCUT2D eigenvalue weighted by atomic mass is 79.9. The quantitative estimate of drug-likeness (QED) is 0.911. The molecule has 0 aliphatic rings. The van der Waals surface area contributed by atoms with Gasteiger partial charge in [0.25, 0.3) is 5.91 Å². The fourth-order valence-corrected chi connectivity index (χ4v) is 2.46. The van der Waals surface area contributed by atoms with Crippen molar-refractivity contribution in [1.29, 1.82) is 0 Å². The van der Waals surface area contributed by atoms with Gasteiger partial charge in [-0.15, -0.1) is 0 Å². The van der Waals surface area contributed by atoms with E-state index in [1.807, 2.05) is 45.9 Å². The van der Waals surface area contributed by atoms with Crippen LogP contribution in [0.3, 0.4) is 0 Å². The summed E-state index contributed by atoms with van der Waals surface area (Å²) in [7, 11) is 0. The van der Waals surface area contributed by atoms with Crippen LogP contribution in [0.2, 0.25) is 0 Å². The minimum Gasteiger partial charge on any atom is -0.322 e. The number of anilines is 1. The molecule has 0 bridgehead atoms. The molecule has 0 saturated heterocycles. The fourth-order valence-electron chi connectivity index (χ4n) is 2.08. The van der Waals surface area contributed by atoms with Crippen molar-refractivity contribution >= 4 is 27.5 Å². The fraction of sp³-hybridized carbons (Fsp3) is 0.267. The van der Waals surface area contributed by atoms with Crippen LogP contribution in [0.25, 0.3) is 0 Å². The zero-order valence-corrected chi connectivity index (χ0v) is 13.5. The number of carbonyl (C=O) groups is 1. The van der Waals surface area contributed by atoms with Gasteiger partial charge in [-0.2, -0.15) is 0 Å². The number of aromatic nitrogens is 2. The lowest BCUT2D eigenvalue weighted by atomic mass is 10.1. The second kappa shape index (κ2) is 5.71. The molecule has 0 fully saturated rings. The first-order valence-electron chi connectivity index (χ1n) is 6.28. The number of nitrogens with zero attached hydrogens (tertiary/aromatic N) is 2. The van der Waals surface area contributed by atoms with Crippen LogP contribution in [0.4, 0.5) is 5.69 Å². The lowest BCUT2D eigenvalue weighted by molar-refractivity contribution is 0.102. The van der Waals surface area contributed by atoms with Crippen molar-refractivity contribution in [2.45, 2.75) is 27.7 Å². The van der Waals surface area contributed by atoms with E-state index in [1.165, 1.54) is 0 Å². The zero-order chi connectivity index (χ0) is 14.9. The molecule has 104 valence electrons. The van der Waals surface area contributed by atoms with Gasteiger partial charge in [-0.1, -0.05) is 22.0 Å². The van der Waals surface area contributed by atoms with Gasteiger partial charge in [0, 0.05) is 10.2 Å². The molecule has 2 aromatic rings. The zero-order valence-electron chi connectivity index (χ0n) is 11.9. The van der Waals surface area contributed by atoms with Gasteiger partial charge in [0.1, 0.15) is 5.82 Å². The van der Waals surface area contributed by atoms with Crippen molar-refractivity contribution in [1.82, 2.24) is 9.97 Å². The van der Waals surface area contributed by atoms with Crippen LogP contribution in [0.1, 0.15) is 33.1 Å². The molecule has 2 rings (SSSR count). The molecule has 1 heterocycles. The Labute approximate surface area is 126 Å². The van der Waals surface area contributed by atoms with Crippen LogP contribution in [0.5, 0.6) is 0 Å². The first-order valence-corrected chi connectivity index (χ1v) is 7.07. The van der Waals surface area contributed by atoms with Crippen LogP contribution in [0, 0.1) is 27.7 Å². The van der Waals surface area contributed by atoms with E-state index in [2.05, 4.69) is 31.2 Å². The molecular weight excluding hydrogens is 318 g/mol. The molecule has 1 aromatic carbocycles. The summed E-state index contributed by atoms with van der Waals surface area (Å²) in [5, 5.41) is 2.88. The minimum atomic E-state index is -0.184.